The van der Waals surface area contributed by atoms with E-state index in [4.69, 9.17) is 9.47 Å². The van der Waals surface area contributed by atoms with Crippen molar-refractivity contribution in [2.24, 2.45) is 5.92 Å². The highest BCUT2D eigenvalue weighted by Gasteiger charge is 2.31. The van der Waals surface area contributed by atoms with E-state index in [1.165, 1.54) is 0 Å². The number of amides is 1. The van der Waals surface area contributed by atoms with Gasteiger partial charge >= 0.3 is 12.1 Å². The third kappa shape index (κ3) is 4.55. The lowest BCUT2D eigenvalue weighted by Gasteiger charge is -2.32. The molecule has 1 unspecified atom stereocenters. The highest BCUT2D eigenvalue weighted by Crippen LogP contribution is 2.19. The second-order valence-electron chi connectivity index (χ2n) is 5.31. The van der Waals surface area contributed by atoms with Gasteiger partial charge in [0.25, 0.3) is 0 Å². The molecule has 103 valence electrons. The van der Waals surface area contributed by atoms with Gasteiger partial charge in [-0.15, -0.1) is 0 Å². The molecule has 1 rings (SSSR count). The van der Waals surface area contributed by atoms with Gasteiger partial charge < -0.3 is 14.4 Å². The Morgan fingerprint density at radius 3 is 2.61 bits per heavy atom. The number of ether oxygens (including phenoxy) is 2. The number of hydrogen-bond donors (Lipinski definition) is 0. The molecule has 1 heterocycles. The van der Waals surface area contributed by atoms with Crippen LogP contribution < -0.4 is 0 Å². The lowest BCUT2D eigenvalue weighted by atomic mass is 9.98. The highest BCUT2D eigenvalue weighted by molar-refractivity contribution is 5.76. The van der Waals surface area contributed by atoms with E-state index in [1.807, 2.05) is 27.2 Å². The van der Waals surface area contributed by atoms with E-state index in [0.29, 0.717) is 26.1 Å². The van der Waals surface area contributed by atoms with E-state index in [2.05, 4.69) is 0 Å². The van der Waals surface area contributed by atoms with Crippen LogP contribution in [-0.2, 0) is 14.3 Å². The summed E-state index contributed by atoms with van der Waals surface area (Å²) >= 11 is 0. The Morgan fingerprint density at radius 2 is 2.06 bits per heavy atom. The second kappa shape index (κ2) is 6.07. The van der Waals surface area contributed by atoms with Crippen LogP contribution in [0.2, 0.25) is 0 Å². The standard InChI is InChI=1S/C13H22NO4/c1-5-17-11(15)10-7-6-8-14(9-10)12(16)18-13(2,3)4/h7,10H,5-6,8-9H2,1-4H3. The summed E-state index contributed by atoms with van der Waals surface area (Å²) in [5, 5.41) is 0. The third-order valence-corrected chi connectivity index (χ3v) is 2.51. The average molecular weight is 256 g/mol. The molecule has 5 heteroatoms. The predicted octanol–water partition coefficient (Wildman–Crippen LogP) is 2.01. The SMILES string of the molecule is CCOC(=O)C1[CH]CCN(C(=O)OC(C)(C)C)C1. The molecule has 1 saturated heterocycles. The van der Waals surface area contributed by atoms with Crippen LogP contribution in [0.4, 0.5) is 4.79 Å². The van der Waals surface area contributed by atoms with Crippen LogP contribution in [-0.4, -0.2) is 42.3 Å². The molecule has 1 fully saturated rings. The Labute approximate surface area is 108 Å². The first kappa shape index (κ1) is 14.8. The number of rotatable bonds is 2. The normalized spacial score (nSPS) is 20.4. The average Bonchev–Trinajstić information content (AvgIpc) is 2.27. The fraction of sp³-hybridized carbons (Fsp3) is 0.769. The highest BCUT2D eigenvalue weighted by atomic mass is 16.6. The quantitative estimate of drug-likeness (QED) is 0.709. The summed E-state index contributed by atoms with van der Waals surface area (Å²) in [4.78, 5) is 25.1. The third-order valence-electron chi connectivity index (χ3n) is 2.51. The van der Waals surface area contributed by atoms with Crippen molar-refractivity contribution in [2.45, 2.75) is 39.7 Å². The summed E-state index contributed by atoms with van der Waals surface area (Å²) in [6, 6.07) is 0. The van der Waals surface area contributed by atoms with Crippen LogP contribution in [0.3, 0.4) is 0 Å². The largest absolute Gasteiger partial charge is 0.466 e. The molecule has 0 bridgehead atoms. The molecule has 0 aliphatic carbocycles. The maximum atomic E-state index is 11.9. The first-order chi connectivity index (χ1) is 8.33. The Bertz CT molecular complexity index is 309. The van der Waals surface area contributed by atoms with Crippen molar-refractivity contribution in [3.63, 3.8) is 0 Å². The first-order valence-corrected chi connectivity index (χ1v) is 6.31. The van der Waals surface area contributed by atoms with E-state index in [-0.39, 0.29) is 18.0 Å². The van der Waals surface area contributed by atoms with Gasteiger partial charge in [-0.1, -0.05) is 0 Å². The van der Waals surface area contributed by atoms with Gasteiger partial charge in [-0.05, 0) is 40.5 Å². The molecule has 5 nitrogen and oxygen atoms in total. The number of carbonyl (C=O) groups excluding carboxylic acids is 2. The minimum atomic E-state index is -0.516. The summed E-state index contributed by atoms with van der Waals surface area (Å²) in [6.07, 6.45) is 2.21. The van der Waals surface area contributed by atoms with Gasteiger partial charge in [-0.2, -0.15) is 0 Å². The minimum Gasteiger partial charge on any atom is -0.466 e. The maximum Gasteiger partial charge on any atom is 0.410 e. The molecule has 0 aromatic rings. The fourth-order valence-electron chi connectivity index (χ4n) is 1.75. The van der Waals surface area contributed by atoms with Crippen LogP contribution in [0.5, 0.6) is 0 Å². The smallest absolute Gasteiger partial charge is 0.410 e. The van der Waals surface area contributed by atoms with Gasteiger partial charge in [0.1, 0.15) is 5.60 Å². The molecule has 0 aromatic carbocycles. The summed E-state index contributed by atoms with van der Waals surface area (Å²) in [6.45, 7) is 8.53. The van der Waals surface area contributed by atoms with Crippen LogP contribution >= 0.6 is 0 Å². The molecule has 0 spiro atoms. The van der Waals surface area contributed by atoms with E-state index >= 15 is 0 Å². The molecule has 1 atom stereocenters. The van der Waals surface area contributed by atoms with Gasteiger partial charge in [-0.3, -0.25) is 4.79 Å². The van der Waals surface area contributed by atoms with Crippen molar-refractivity contribution in [1.29, 1.82) is 0 Å². The van der Waals surface area contributed by atoms with E-state index in [0.717, 1.165) is 0 Å². The summed E-state index contributed by atoms with van der Waals surface area (Å²) in [5.41, 5.74) is -0.516. The van der Waals surface area contributed by atoms with E-state index < -0.39 is 5.60 Å². The lowest BCUT2D eigenvalue weighted by molar-refractivity contribution is -0.147. The zero-order valence-electron chi connectivity index (χ0n) is 11.6. The summed E-state index contributed by atoms with van der Waals surface area (Å²) < 4.78 is 10.2. The monoisotopic (exact) mass is 256 g/mol. The van der Waals surface area contributed by atoms with Crippen molar-refractivity contribution in [3.05, 3.63) is 6.42 Å². The second-order valence-corrected chi connectivity index (χ2v) is 5.31. The molecule has 1 aliphatic rings. The van der Waals surface area contributed by atoms with Crippen molar-refractivity contribution >= 4 is 12.1 Å². The Hall–Kier alpha value is -1.26. The zero-order chi connectivity index (χ0) is 13.8. The molecule has 1 amide bonds. The zero-order valence-corrected chi connectivity index (χ0v) is 11.6. The number of carbonyl (C=O) groups is 2. The number of nitrogens with zero attached hydrogens (tertiary/aromatic N) is 1. The van der Waals surface area contributed by atoms with E-state index in [9.17, 15) is 9.59 Å². The number of esters is 1. The van der Waals surface area contributed by atoms with Gasteiger partial charge in [0, 0.05) is 13.1 Å². The fourth-order valence-corrected chi connectivity index (χ4v) is 1.75. The molecular weight excluding hydrogens is 234 g/mol. The van der Waals surface area contributed by atoms with Crippen LogP contribution in [0.25, 0.3) is 0 Å². The summed E-state index contributed by atoms with van der Waals surface area (Å²) in [5.74, 6) is -0.614. The van der Waals surface area contributed by atoms with Crippen molar-refractivity contribution in [1.82, 2.24) is 4.90 Å². The topological polar surface area (TPSA) is 55.8 Å². The molecule has 1 radical (unpaired) electrons. The molecular formula is C13H22NO4. The lowest BCUT2D eigenvalue weighted by Crippen LogP contribution is -2.45. The van der Waals surface area contributed by atoms with Gasteiger partial charge in [0.2, 0.25) is 0 Å². The van der Waals surface area contributed by atoms with Gasteiger partial charge in [-0.25, -0.2) is 4.79 Å². The van der Waals surface area contributed by atoms with Crippen LogP contribution in [0, 0.1) is 12.3 Å². The molecule has 0 aromatic heterocycles. The Morgan fingerprint density at radius 1 is 1.39 bits per heavy atom. The summed E-state index contributed by atoms with van der Waals surface area (Å²) in [7, 11) is 0. The van der Waals surface area contributed by atoms with Crippen LogP contribution in [0.1, 0.15) is 34.1 Å². The van der Waals surface area contributed by atoms with Crippen LogP contribution in [0.15, 0.2) is 0 Å². The van der Waals surface area contributed by atoms with Crippen molar-refractivity contribution in [3.8, 4) is 0 Å². The van der Waals surface area contributed by atoms with Crippen molar-refractivity contribution in [2.75, 3.05) is 19.7 Å². The predicted molar refractivity (Wildman–Crippen MR) is 66.8 cm³/mol. The van der Waals surface area contributed by atoms with E-state index in [1.54, 1.807) is 11.8 Å². The van der Waals surface area contributed by atoms with Gasteiger partial charge in [0.15, 0.2) is 0 Å². The van der Waals surface area contributed by atoms with Gasteiger partial charge in [0.05, 0.1) is 12.5 Å². The number of likely N-dealkylation sites (tertiary alicyclic amines) is 1. The number of piperidine rings is 1. The molecule has 1 aliphatic heterocycles. The molecule has 18 heavy (non-hydrogen) atoms. The number of hydrogen-bond acceptors (Lipinski definition) is 4. The first-order valence-electron chi connectivity index (χ1n) is 6.31. The van der Waals surface area contributed by atoms with Crippen molar-refractivity contribution < 1.29 is 19.1 Å². The Kier molecular flexibility index (Phi) is 4.99. The molecule has 0 saturated carbocycles. The molecule has 0 N–H and O–H groups in total. The minimum absolute atomic E-state index is 0.272. The maximum absolute atomic E-state index is 11.9. The Balaban J connectivity index is 2.53.